The van der Waals surface area contributed by atoms with Gasteiger partial charge in [0, 0.05) is 27.1 Å². The molecule has 9 heteroatoms. The monoisotopic (exact) mass is 530 g/mol. The molecule has 0 aliphatic carbocycles. The van der Waals surface area contributed by atoms with Crippen LogP contribution in [0, 0.1) is 27.7 Å². The van der Waals surface area contributed by atoms with Gasteiger partial charge in [0.15, 0.2) is 0 Å². The second-order valence-corrected chi connectivity index (χ2v) is 10.8. The Kier molecular flexibility index (Phi) is 7.44. The number of nitrogens with one attached hydrogen (secondary N) is 1. The fraction of sp³-hybridized carbons (Fsp3) is 0.250. The Morgan fingerprint density at radius 1 is 1.09 bits per heavy atom. The first-order chi connectivity index (χ1) is 15.5. The molecule has 0 saturated carbocycles. The van der Waals surface area contributed by atoms with Gasteiger partial charge in [-0.25, -0.2) is 13.8 Å². The van der Waals surface area contributed by atoms with E-state index in [0.29, 0.717) is 10.2 Å². The van der Waals surface area contributed by atoms with Gasteiger partial charge >= 0.3 is 0 Å². The minimum absolute atomic E-state index is 0.381. The van der Waals surface area contributed by atoms with E-state index in [2.05, 4.69) is 63.1 Å². The fourth-order valence-corrected chi connectivity index (χ4v) is 4.79. The van der Waals surface area contributed by atoms with Crippen molar-refractivity contribution < 1.29 is 13.2 Å². The number of sulfonamides is 1. The predicted octanol–water partition coefficient (Wildman–Crippen LogP) is 4.39. The van der Waals surface area contributed by atoms with Gasteiger partial charge in [0.25, 0.3) is 5.91 Å². The number of amides is 1. The highest BCUT2D eigenvalue weighted by molar-refractivity contribution is 9.10. The van der Waals surface area contributed by atoms with Crippen molar-refractivity contribution in [2.75, 3.05) is 17.1 Å². The number of rotatable bonds is 7. The average Bonchev–Trinajstić information content (AvgIpc) is 3.00. The average molecular weight is 531 g/mol. The number of carbonyl (C=O) groups is 1. The van der Waals surface area contributed by atoms with Crippen LogP contribution in [0.15, 0.2) is 58.1 Å². The van der Waals surface area contributed by atoms with E-state index in [1.54, 1.807) is 30.5 Å². The van der Waals surface area contributed by atoms with E-state index < -0.39 is 15.9 Å². The molecular weight excluding hydrogens is 504 g/mol. The number of hydrazone groups is 1. The molecule has 3 aromatic rings. The molecule has 0 aliphatic heterocycles. The topological polar surface area (TPSA) is 83.8 Å². The molecule has 0 bridgehead atoms. The molecule has 0 atom stereocenters. The highest BCUT2D eigenvalue weighted by Gasteiger charge is 2.21. The summed E-state index contributed by atoms with van der Waals surface area (Å²) >= 11 is 3.32. The maximum atomic E-state index is 12.4. The smallest absolute Gasteiger partial charge is 0.260 e. The summed E-state index contributed by atoms with van der Waals surface area (Å²) in [6.45, 7) is 7.79. The van der Waals surface area contributed by atoms with Crippen molar-refractivity contribution in [3.8, 4) is 5.69 Å². The number of nitrogens with zero attached hydrogens (tertiary/aromatic N) is 3. The van der Waals surface area contributed by atoms with Gasteiger partial charge in [-0.05, 0) is 75.2 Å². The highest BCUT2D eigenvalue weighted by Crippen LogP contribution is 2.23. The summed E-state index contributed by atoms with van der Waals surface area (Å²) < 4.78 is 28.3. The molecule has 1 N–H and O–H groups in total. The summed E-state index contributed by atoms with van der Waals surface area (Å²) in [6, 6.07) is 15.1. The summed E-state index contributed by atoms with van der Waals surface area (Å²) in [5.41, 5.74) is 9.22. The molecule has 174 valence electrons. The molecular formula is C24H27BrN4O3S. The van der Waals surface area contributed by atoms with Gasteiger partial charge in [-0.1, -0.05) is 28.1 Å². The quantitative estimate of drug-likeness (QED) is 0.363. The van der Waals surface area contributed by atoms with Crippen molar-refractivity contribution in [3.63, 3.8) is 0 Å². The first kappa shape index (κ1) is 24.7. The lowest BCUT2D eigenvalue weighted by Crippen LogP contribution is -2.39. The third-order valence-corrected chi connectivity index (χ3v) is 7.03. The van der Waals surface area contributed by atoms with Gasteiger partial charge in [-0.2, -0.15) is 5.10 Å². The van der Waals surface area contributed by atoms with Crippen molar-refractivity contribution in [1.29, 1.82) is 0 Å². The lowest BCUT2D eigenvalue weighted by molar-refractivity contribution is -0.119. The number of aryl methyl sites for hydroxylation is 3. The van der Waals surface area contributed by atoms with E-state index in [0.717, 1.165) is 33.2 Å². The van der Waals surface area contributed by atoms with Crippen LogP contribution >= 0.6 is 15.9 Å². The van der Waals surface area contributed by atoms with E-state index in [4.69, 9.17) is 0 Å². The lowest BCUT2D eigenvalue weighted by Gasteiger charge is -2.21. The highest BCUT2D eigenvalue weighted by atomic mass is 79.9. The summed E-state index contributed by atoms with van der Waals surface area (Å²) in [7, 11) is -3.66. The van der Waals surface area contributed by atoms with Crippen molar-refractivity contribution in [2.24, 2.45) is 5.10 Å². The van der Waals surface area contributed by atoms with Gasteiger partial charge < -0.3 is 4.57 Å². The molecule has 1 amide bonds. The van der Waals surface area contributed by atoms with Gasteiger partial charge in [0.05, 0.1) is 18.2 Å². The van der Waals surface area contributed by atoms with Crippen molar-refractivity contribution in [3.05, 3.63) is 81.1 Å². The zero-order chi connectivity index (χ0) is 24.3. The molecule has 0 unspecified atom stereocenters. The van der Waals surface area contributed by atoms with Gasteiger partial charge in [-0.3, -0.25) is 9.10 Å². The normalized spacial score (nSPS) is 11.7. The summed E-state index contributed by atoms with van der Waals surface area (Å²) in [4.78, 5) is 12.4. The second-order valence-electron chi connectivity index (χ2n) is 7.97. The van der Waals surface area contributed by atoms with Gasteiger partial charge in [0.2, 0.25) is 10.0 Å². The molecule has 1 aromatic heterocycles. The van der Waals surface area contributed by atoms with Crippen molar-refractivity contribution in [1.82, 2.24) is 9.99 Å². The Balaban J connectivity index is 1.75. The third-order valence-electron chi connectivity index (χ3n) is 5.40. The number of hydrogen-bond donors (Lipinski definition) is 1. The lowest BCUT2D eigenvalue weighted by atomic mass is 10.1. The van der Waals surface area contributed by atoms with E-state index in [1.807, 2.05) is 19.9 Å². The Morgan fingerprint density at radius 3 is 2.45 bits per heavy atom. The molecule has 0 radical (unpaired) electrons. The number of hydrogen-bond acceptors (Lipinski definition) is 4. The van der Waals surface area contributed by atoms with Crippen LogP contribution in [0.1, 0.15) is 28.1 Å². The van der Waals surface area contributed by atoms with Crippen LogP contribution in [-0.2, 0) is 14.8 Å². The number of carbonyl (C=O) groups excluding carboxylic acids is 1. The first-order valence-corrected chi connectivity index (χ1v) is 12.9. The van der Waals surface area contributed by atoms with E-state index in [-0.39, 0.29) is 6.54 Å². The standard InChI is InChI=1S/C24H27BrN4O3S/c1-16-9-10-23(11-17(16)2)29-18(3)12-20(19(29)4)14-26-27-24(30)15-28(33(5,31)32)22-8-6-7-21(25)13-22/h6-14H,15H2,1-5H3,(H,27,30)/b26-14-. The van der Waals surface area contributed by atoms with E-state index in [1.165, 1.54) is 11.1 Å². The summed E-state index contributed by atoms with van der Waals surface area (Å²) in [5.74, 6) is -0.542. The first-order valence-electron chi connectivity index (χ1n) is 10.3. The molecule has 7 nitrogen and oxygen atoms in total. The van der Waals surface area contributed by atoms with E-state index in [9.17, 15) is 13.2 Å². The van der Waals surface area contributed by atoms with Crippen LogP contribution < -0.4 is 9.73 Å². The second kappa shape index (κ2) is 9.93. The number of anilines is 1. The number of benzene rings is 2. The van der Waals surface area contributed by atoms with Crippen LogP contribution in [0.2, 0.25) is 0 Å². The largest absolute Gasteiger partial charge is 0.318 e. The van der Waals surface area contributed by atoms with Crippen LogP contribution in [0.4, 0.5) is 5.69 Å². The van der Waals surface area contributed by atoms with E-state index >= 15 is 0 Å². The third kappa shape index (κ3) is 5.91. The van der Waals surface area contributed by atoms with Crippen LogP contribution in [-0.4, -0.2) is 37.9 Å². The molecule has 2 aromatic carbocycles. The zero-order valence-corrected chi connectivity index (χ0v) is 21.7. The molecule has 1 heterocycles. The Labute approximate surface area is 203 Å². The van der Waals surface area contributed by atoms with Gasteiger partial charge in [0.1, 0.15) is 6.54 Å². The van der Waals surface area contributed by atoms with Crippen molar-refractivity contribution >= 4 is 43.8 Å². The maximum absolute atomic E-state index is 12.4. The molecule has 33 heavy (non-hydrogen) atoms. The van der Waals surface area contributed by atoms with Crippen LogP contribution in [0.25, 0.3) is 5.69 Å². The maximum Gasteiger partial charge on any atom is 0.260 e. The molecule has 0 spiro atoms. The summed E-state index contributed by atoms with van der Waals surface area (Å²) in [5, 5.41) is 4.06. The zero-order valence-electron chi connectivity index (χ0n) is 19.3. The molecule has 3 rings (SSSR count). The minimum Gasteiger partial charge on any atom is -0.318 e. The van der Waals surface area contributed by atoms with Crippen LogP contribution in [0.3, 0.4) is 0 Å². The van der Waals surface area contributed by atoms with Crippen molar-refractivity contribution in [2.45, 2.75) is 27.7 Å². The SMILES string of the molecule is Cc1ccc(-n2c(C)cc(/C=N\NC(=O)CN(c3cccc(Br)c3)S(C)(=O)=O)c2C)cc1C. The summed E-state index contributed by atoms with van der Waals surface area (Å²) in [6.07, 6.45) is 2.63. The predicted molar refractivity (Wildman–Crippen MR) is 137 cm³/mol. The number of halogens is 1. The Morgan fingerprint density at radius 2 is 1.82 bits per heavy atom. The Hall–Kier alpha value is -2.91. The van der Waals surface area contributed by atoms with Crippen LogP contribution in [0.5, 0.6) is 0 Å². The molecule has 0 aliphatic rings. The number of aromatic nitrogens is 1. The van der Waals surface area contributed by atoms with Gasteiger partial charge in [-0.15, -0.1) is 0 Å². The molecule has 0 fully saturated rings. The minimum atomic E-state index is -3.66. The fourth-order valence-electron chi connectivity index (χ4n) is 3.55. The molecule has 0 saturated heterocycles. The Bertz CT molecular complexity index is 1330.